The molecule has 3 rings (SSSR count). The molecule has 2 heterocycles. The number of amides is 1. The first kappa shape index (κ1) is 14.7. The van der Waals surface area contributed by atoms with Crippen molar-refractivity contribution < 1.29 is 9.28 Å². The topological polar surface area (TPSA) is 45.2 Å². The zero-order chi connectivity index (χ0) is 15.4. The van der Waals surface area contributed by atoms with Gasteiger partial charge in [-0.25, -0.2) is 0 Å². The number of pyridine rings is 1. The van der Waals surface area contributed by atoms with Crippen LogP contribution in [0.3, 0.4) is 0 Å². The number of hydrogen-bond acceptors (Lipinski definition) is 3. The van der Waals surface area contributed by atoms with Gasteiger partial charge in [0.15, 0.2) is 0 Å². The molecule has 114 valence electrons. The Morgan fingerprint density at radius 1 is 1.27 bits per heavy atom. The van der Waals surface area contributed by atoms with E-state index in [0.717, 1.165) is 23.1 Å². The smallest absolute Gasteiger partial charge is 0.254 e. The van der Waals surface area contributed by atoms with Crippen LogP contribution in [0.4, 0.5) is 4.48 Å². The Kier molecular flexibility index (Phi) is 4.44. The van der Waals surface area contributed by atoms with Crippen molar-refractivity contribution in [2.75, 3.05) is 13.1 Å². The first-order valence-electron chi connectivity index (χ1n) is 7.43. The van der Waals surface area contributed by atoms with Crippen molar-refractivity contribution in [1.29, 1.82) is 0 Å². The summed E-state index contributed by atoms with van der Waals surface area (Å²) >= 11 is 0. The van der Waals surface area contributed by atoms with Gasteiger partial charge < -0.3 is 4.90 Å². The van der Waals surface area contributed by atoms with E-state index in [9.17, 15) is 9.28 Å². The zero-order valence-electron chi connectivity index (χ0n) is 12.2. The summed E-state index contributed by atoms with van der Waals surface area (Å²) in [5.41, 5.74) is 4.46. The van der Waals surface area contributed by atoms with Crippen LogP contribution in [0.1, 0.15) is 33.9 Å². The Morgan fingerprint density at radius 3 is 2.91 bits per heavy atom. The Balaban J connectivity index is 1.93. The lowest BCUT2D eigenvalue weighted by molar-refractivity contribution is 0.0641. The maximum absolute atomic E-state index is 12.8. The monoisotopic (exact) mass is 299 g/mol. The van der Waals surface area contributed by atoms with Gasteiger partial charge in [0.25, 0.3) is 5.91 Å². The number of carbonyl (C=O) groups is 1. The van der Waals surface area contributed by atoms with Crippen LogP contribution < -0.4 is 5.54 Å². The molecular weight excluding hydrogens is 281 g/mol. The number of rotatable bonds is 5. The largest absolute Gasteiger partial charge is 0.331 e. The van der Waals surface area contributed by atoms with E-state index < -0.39 is 0 Å². The van der Waals surface area contributed by atoms with Crippen LogP contribution in [0.15, 0.2) is 48.8 Å². The van der Waals surface area contributed by atoms with E-state index in [1.807, 2.05) is 41.3 Å². The van der Waals surface area contributed by atoms with E-state index in [1.165, 1.54) is 0 Å². The molecule has 22 heavy (non-hydrogen) atoms. The Morgan fingerprint density at radius 2 is 2.14 bits per heavy atom. The Labute approximate surface area is 128 Å². The first-order valence-corrected chi connectivity index (χ1v) is 7.43. The van der Waals surface area contributed by atoms with Gasteiger partial charge in [0.2, 0.25) is 0 Å². The highest BCUT2D eigenvalue weighted by Crippen LogP contribution is 2.32. The van der Waals surface area contributed by atoms with Crippen molar-refractivity contribution in [2.24, 2.45) is 0 Å². The molecule has 1 N–H and O–H groups in total. The summed E-state index contributed by atoms with van der Waals surface area (Å²) in [6, 6.07) is 11.5. The molecule has 1 aliphatic heterocycles. The molecule has 1 aromatic carbocycles. The Hall–Kier alpha value is -2.27. The van der Waals surface area contributed by atoms with Crippen LogP contribution in [0, 0.1) is 0 Å². The fourth-order valence-electron chi connectivity index (χ4n) is 2.97. The van der Waals surface area contributed by atoms with Crippen LogP contribution in [-0.2, 0) is 6.42 Å². The van der Waals surface area contributed by atoms with Crippen molar-refractivity contribution >= 4 is 5.91 Å². The maximum Gasteiger partial charge on any atom is 0.254 e. The fourth-order valence-corrected chi connectivity index (χ4v) is 2.97. The molecule has 1 amide bonds. The predicted molar refractivity (Wildman–Crippen MR) is 81.9 cm³/mol. The van der Waals surface area contributed by atoms with Gasteiger partial charge in [0, 0.05) is 31.0 Å². The number of nitrogens with one attached hydrogen (secondary N) is 1. The molecule has 0 radical (unpaired) electrons. The van der Waals surface area contributed by atoms with Crippen molar-refractivity contribution in [3.63, 3.8) is 0 Å². The molecule has 0 spiro atoms. The van der Waals surface area contributed by atoms with Crippen molar-refractivity contribution in [3.05, 3.63) is 65.5 Å². The van der Waals surface area contributed by atoms with Gasteiger partial charge in [-0.1, -0.05) is 24.3 Å². The minimum atomic E-state index is -0.0456. The highest BCUT2D eigenvalue weighted by Gasteiger charge is 2.32. The van der Waals surface area contributed by atoms with E-state index in [0.29, 0.717) is 13.0 Å². The summed E-state index contributed by atoms with van der Waals surface area (Å²) in [5, 5.41) is 0. The summed E-state index contributed by atoms with van der Waals surface area (Å²) in [7, 11) is 0. The minimum Gasteiger partial charge on any atom is -0.331 e. The number of fused-ring (bicyclic) bond motifs is 1. The van der Waals surface area contributed by atoms with E-state index in [4.69, 9.17) is 0 Å². The summed E-state index contributed by atoms with van der Waals surface area (Å²) in [4.78, 5) is 18.8. The Bertz CT molecular complexity index is 647. The number of halogens is 1. The summed E-state index contributed by atoms with van der Waals surface area (Å²) in [6.07, 6.45) is 4.85. The molecule has 1 aromatic heterocycles. The lowest BCUT2D eigenvalue weighted by Gasteiger charge is -2.37. The quantitative estimate of drug-likeness (QED) is 0.682. The van der Waals surface area contributed by atoms with Crippen LogP contribution >= 0.6 is 0 Å². The lowest BCUT2D eigenvalue weighted by atomic mass is 9.90. The van der Waals surface area contributed by atoms with Crippen molar-refractivity contribution in [3.8, 4) is 0 Å². The maximum atomic E-state index is 12.8. The van der Waals surface area contributed by atoms with Gasteiger partial charge in [-0.15, -0.1) is 4.48 Å². The lowest BCUT2D eigenvalue weighted by Crippen LogP contribution is -2.41. The number of benzene rings is 1. The summed E-state index contributed by atoms with van der Waals surface area (Å²) in [6.45, 7) is 0.759. The molecule has 0 saturated heterocycles. The van der Waals surface area contributed by atoms with Gasteiger partial charge in [-0.3, -0.25) is 9.78 Å². The second kappa shape index (κ2) is 6.66. The normalized spacial score (nSPS) is 17.4. The van der Waals surface area contributed by atoms with E-state index in [1.54, 1.807) is 17.9 Å². The van der Waals surface area contributed by atoms with Gasteiger partial charge >= 0.3 is 0 Å². The van der Waals surface area contributed by atoms with Crippen LogP contribution in [-0.4, -0.2) is 28.9 Å². The highest BCUT2D eigenvalue weighted by molar-refractivity contribution is 5.97. The highest BCUT2D eigenvalue weighted by atomic mass is 19.2. The molecule has 0 bridgehead atoms. The standard InChI is InChI=1S/C17H18FN3O/c18-20-9-4-10-21-16(14-6-3-8-19-12-14)11-13-5-1-2-7-15(13)17(21)22/h1-3,5-8,12,16,20H,4,9-11H2/t16-/m1/s1. The number of nitrogens with zero attached hydrogens (tertiary/aromatic N) is 2. The molecule has 0 aliphatic carbocycles. The number of hydrogen-bond donors (Lipinski definition) is 1. The predicted octanol–water partition coefficient (Wildman–Crippen LogP) is 2.69. The number of carbonyl (C=O) groups excluding carboxylic acids is 1. The first-order chi connectivity index (χ1) is 10.8. The van der Waals surface area contributed by atoms with Crippen LogP contribution in [0.25, 0.3) is 0 Å². The second-order valence-electron chi connectivity index (χ2n) is 5.40. The third-order valence-electron chi connectivity index (χ3n) is 4.04. The van der Waals surface area contributed by atoms with Gasteiger partial charge in [0.05, 0.1) is 6.04 Å². The zero-order valence-corrected chi connectivity index (χ0v) is 12.2. The number of aromatic nitrogens is 1. The molecular formula is C17H18FN3O. The summed E-state index contributed by atoms with van der Waals surface area (Å²) in [5.74, 6) is 0.00885. The fraction of sp³-hybridized carbons (Fsp3) is 0.294. The van der Waals surface area contributed by atoms with Crippen molar-refractivity contribution in [1.82, 2.24) is 15.4 Å². The second-order valence-corrected chi connectivity index (χ2v) is 5.40. The molecule has 2 aromatic rings. The average Bonchev–Trinajstić information content (AvgIpc) is 2.57. The van der Waals surface area contributed by atoms with Crippen LogP contribution in [0.5, 0.6) is 0 Å². The molecule has 0 unspecified atom stereocenters. The van der Waals surface area contributed by atoms with E-state index in [-0.39, 0.29) is 18.5 Å². The summed E-state index contributed by atoms with van der Waals surface area (Å²) < 4.78 is 12.1. The van der Waals surface area contributed by atoms with Gasteiger partial charge in [-0.05, 0) is 36.1 Å². The van der Waals surface area contributed by atoms with E-state index >= 15 is 0 Å². The molecule has 1 atom stereocenters. The molecule has 5 heteroatoms. The molecule has 4 nitrogen and oxygen atoms in total. The van der Waals surface area contributed by atoms with Gasteiger partial charge in [-0.2, -0.15) is 5.54 Å². The van der Waals surface area contributed by atoms with Gasteiger partial charge in [0.1, 0.15) is 0 Å². The minimum absolute atomic E-state index is 0.00885. The third-order valence-corrected chi connectivity index (χ3v) is 4.04. The molecule has 0 saturated carbocycles. The van der Waals surface area contributed by atoms with Crippen molar-refractivity contribution in [2.45, 2.75) is 18.9 Å². The third kappa shape index (κ3) is 2.85. The molecule has 1 aliphatic rings. The SMILES string of the molecule is O=C1c2ccccc2C[C@H](c2cccnc2)N1CCCNF. The average molecular weight is 299 g/mol. The molecule has 0 fully saturated rings. The van der Waals surface area contributed by atoms with Crippen LogP contribution in [0.2, 0.25) is 0 Å². The van der Waals surface area contributed by atoms with E-state index in [2.05, 4.69) is 4.98 Å².